The standard InChI is InChI=1S/C19H14BrNO/c20-16-6-1-2-7-17(16)21-19(22)15-11-10-13-9-8-12-4-3-5-14(15)18(12)13/h1-7,10-11H,8-9H2,(H,21,22). The molecule has 0 saturated carbocycles. The van der Waals surface area contributed by atoms with Crippen LogP contribution in [-0.4, -0.2) is 5.91 Å². The van der Waals surface area contributed by atoms with E-state index in [-0.39, 0.29) is 5.91 Å². The van der Waals surface area contributed by atoms with Gasteiger partial charge in [0.1, 0.15) is 0 Å². The Labute approximate surface area is 137 Å². The summed E-state index contributed by atoms with van der Waals surface area (Å²) < 4.78 is 0.884. The molecule has 0 radical (unpaired) electrons. The number of hydrogen-bond acceptors (Lipinski definition) is 1. The molecule has 1 amide bonds. The van der Waals surface area contributed by atoms with E-state index in [9.17, 15) is 4.79 Å². The molecule has 1 aliphatic carbocycles. The minimum absolute atomic E-state index is 0.0671. The van der Waals surface area contributed by atoms with Gasteiger partial charge < -0.3 is 5.32 Å². The highest BCUT2D eigenvalue weighted by molar-refractivity contribution is 9.10. The van der Waals surface area contributed by atoms with Crippen LogP contribution in [0, 0.1) is 0 Å². The number of amides is 1. The number of benzene rings is 3. The predicted molar refractivity (Wildman–Crippen MR) is 93.5 cm³/mol. The number of nitrogens with one attached hydrogen (secondary N) is 1. The van der Waals surface area contributed by atoms with Gasteiger partial charge in [0.15, 0.2) is 0 Å². The Kier molecular flexibility index (Phi) is 3.23. The molecule has 3 heteroatoms. The highest BCUT2D eigenvalue weighted by Gasteiger charge is 2.18. The number of rotatable bonds is 2. The first-order valence-electron chi connectivity index (χ1n) is 7.33. The average Bonchev–Trinajstić information content (AvgIpc) is 2.95. The zero-order valence-electron chi connectivity index (χ0n) is 11.9. The summed E-state index contributed by atoms with van der Waals surface area (Å²) in [6, 6.07) is 17.9. The third-order valence-corrected chi connectivity index (χ3v) is 4.94. The summed E-state index contributed by atoms with van der Waals surface area (Å²) in [5.41, 5.74) is 4.22. The molecule has 0 bridgehead atoms. The molecule has 4 rings (SSSR count). The smallest absolute Gasteiger partial charge is 0.256 e. The quantitative estimate of drug-likeness (QED) is 0.694. The van der Waals surface area contributed by atoms with E-state index < -0.39 is 0 Å². The molecule has 1 aliphatic rings. The summed E-state index contributed by atoms with van der Waals surface area (Å²) in [4.78, 5) is 12.7. The lowest BCUT2D eigenvalue weighted by atomic mass is 9.99. The number of anilines is 1. The van der Waals surface area contributed by atoms with Crippen molar-refractivity contribution in [2.45, 2.75) is 12.8 Å². The zero-order chi connectivity index (χ0) is 15.1. The van der Waals surface area contributed by atoms with Gasteiger partial charge in [-0.25, -0.2) is 0 Å². The van der Waals surface area contributed by atoms with Gasteiger partial charge in [-0.15, -0.1) is 0 Å². The topological polar surface area (TPSA) is 29.1 Å². The first kappa shape index (κ1) is 13.5. The Morgan fingerprint density at radius 3 is 2.50 bits per heavy atom. The van der Waals surface area contributed by atoms with Gasteiger partial charge in [-0.05, 0) is 68.9 Å². The normalized spacial score (nSPS) is 12.6. The van der Waals surface area contributed by atoms with Crippen LogP contribution in [0.25, 0.3) is 10.8 Å². The Morgan fingerprint density at radius 1 is 0.909 bits per heavy atom. The molecule has 0 unspecified atom stereocenters. The second-order valence-corrected chi connectivity index (χ2v) is 6.40. The van der Waals surface area contributed by atoms with Crippen LogP contribution in [0.3, 0.4) is 0 Å². The third-order valence-electron chi connectivity index (χ3n) is 4.24. The molecule has 0 saturated heterocycles. The van der Waals surface area contributed by atoms with Crippen molar-refractivity contribution in [1.82, 2.24) is 0 Å². The molecule has 0 spiro atoms. The van der Waals surface area contributed by atoms with E-state index in [1.165, 1.54) is 16.5 Å². The molecule has 0 fully saturated rings. The summed E-state index contributed by atoms with van der Waals surface area (Å²) in [5.74, 6) is -0.0671. The lowest BCUT2D eigenvalue weighted by molar-refractivity contribution is 0.102. The molecule has 1 N–H and O–H groups in total. The van der Waals surface area contributed by atoms with E-state index in [1.54, 1.807) is 0 Å². The van der Waals surface area contributed by atoms with Crippen LogP contribution < -0.4 is 5.32 Å². The fraction of sp³-hybridized carbons (Fsp3) is 0.105. The fourth-order valence-electron chi connectivity index (χ4n) is 3.20. The van der Waals surface area contributed by atoms with E-state index in [0.717, 1.165) is 34.0 Å². The van der Waals surface area contributed by atoms with Gasteiger partial charge in [-0.3, -0.25) is 4.79 Å². The molecular formula is C19H14BrNO. The van der Waals surface area contributed by atoms with E-state index >= 15 is 0 Å². The number of carbonyl (C=O) groups is 1. The number of hydrogen-bond donors (Lipinski definition) is 1. The maximum atomic E-state index is 12.7. The van der Waals surface area contributed by atoms with Crippen molar-refractivity contribution < 1.29 is 4.79 Å². The minimum atomic E-state index is -0.0671. The monoisotopic (exact) mass is 351 g/mol. The summed E-state index contributed by atoms with van der Waals surface area (Å²) in [6.07, 6.45) is 2.14. The lowest BCUT2D eigenvalue weighted by Crippen LogP contribution is -2.12. The van der Waals surface area contributed by atoms with E-state index in [4.69, 9.17) is 0 Å². The van der Waals surface area contributed by atoms with Crippen molar-refractivity contribution in [2.24, 2.45) is 0 Å². The molecule has 3 aromatic rings. The van der Waals surface area contributed by atoms with E-state index in [0.29, 0.717) is 0 Å². The van der Waals surface area contributed by atoms with Crippen LogP contribution in [0.4, 0.5) is 5.69 Å². The van der Waals surface area contributed by atoms with Crippen molar-refractivity contribution in [3.63, 3.8) is 0 Å². The van der Waals surface area contributed by atoms with Crippen LogP contribution in [0.5, 0.6) is 0 Å². The van der Waals surface area contributed by atoms with Crippen molar-refractivity contribution in [3.8, 4) is 0 Å². The van der Waals surface area contributed by atoms with Crippen LogP contribution in [0.2, 0.25) is 0 Å². The van der Waals surface area contributed by atoms with Gasteiger partial charge in [-0.2, -0.15) is 0 Å². The molecule has 0 aromatic heterocycles. The number of halogens is 1. The maximum absolute atomic E-state index is 12.7. The maximum Gasteiger partial charge on any atom is 0.256 e. The van der Waals surface area contributed by atoms with Crippen LogP contribution in [-0.2, 0) is 12.8 Å². The molecule has 3 aromatic carbocycles. The van der Waals surface area contributed by atoms with Crippen LogP contribution in [0.15, 0.2) is 59.1 Å². The van der Waals surface area contributed by atoms with Gasteiger partial charge in [0.2, 0.25) is 0 Å². The molecule has 2 nitrogen and oxygen atoms in total. The first-order valence-corrected chi connectivity index (χ1v) is 8.13. The van der Waals surface area contributed by atoms with Crippen LogP contribution >= 0.6 is 15.9 Å². The number of carbonyl (C=O) groups excluding carboxylic acids is 1. The average molecular weight is 352 g/mol. The van der Waals surface area contributed by atoms with Gasteiger partial charge in [0.25, 0.3) is 5.91 Å². The van der Waals surface area contributed by atoms with Gasteiger partial charge in [0, 0.05) is 10.0 Å². The SMILES string of the molecule is O=C(Nc1ccccc1Br)c1ccc2c3c(cccc13)CC2. The largest absolute Gasteiger partial charge is 0.321 e. The summed E-state index contributed by atoms with van der Waals surface area (Å²) in [7, 11) is 0. The number of para-hydroxylation sites is 1. The highest BCUT2D eigenvalue weighted by atomic mass is 79.9. The molecule has 0 aliphatic heterocycles. The Bertz CT molecular complexity index is 891. The number of aryl methyl sites for hydroxylation is 2. The Morgan fingerprint density at radius 2 is 1.68 bits per heavy atom. The van der Waals surface area contributed by atoms with Crippen molar-refractivity contribution in [1.29, 1.82) is 0 Å². The van der Waals surface area contributed by atoms with Crippen LogP contribution in [0.1, 0.15) is 21.5 Å². The summed E-state index contributed by atoms with van der Waals surface area (Å²) in [5, 5.41) is 5.31. The molecule has 0 atom stereocenters. The predicted octanol–water partition coefficient (Wildman–Crippen LogP) is 4.95. The van der Waals surface area contributed by atoms with E-state index in [1.807, 2.05) is 42.5 Å². The van der Waals surface area contributed by atoms with Gasteiger partial charge >= 0.3 is 0 Å². The summed E-state index contributed by atoms with van der Waals surface area (Å²) >= 11 is 3.47. The molecule has 22 heavy (non-hydrogen) atoms. The van der Waals surface area contributed by atoms with Crippen molar-refractivity contribution >= 4 is 38.3 Å². The third kappa shape index (κ3) is 2.13. The second kappa shape index (κ2) is 5.25. The highest BCUT2D eigenvalue weighted by Crippen LogP contribution is 2.33. The minimum Gasteiger partial charge on any atom is -0.321 e. The molecule has 0 heterocycles. The van der Waals surface area contributed by atoms with Crippen molar-refractivity contribution in [2.75, 3.05) is 5.32 Å². The molecular weight excluding hydrogens is 338 g/mol. The van der Waals surface area contributed by atoms with E-state index in [2.05, 4.69) is 33.4 Å². The van der Waals surface area contributed by atoms with Crippen molar-refractivity contribution in [3.05, 3.63) is 75.8 Å². The summed E-state index contributed by atoms with van der Waals surface area (Å²) in [6.45, 7) is 0. The van der Waals surface area contributed by atoms with Gasteiger partial charge in [-0.1, -0.05) is 36.4 Å². The Hall–Kier alpha value is -2.13. The molecule has 108 valence electrons. The second-order valence-electron chi connectivity index (χ2n) is 5.55. The Balaban J connectivity index is 1.79. The fourth-order valence-corrected chi connectivity index (χ4v) is 3.58. The van der Waals surface area contributed by atoms with Gasteiger partial charge in [0.05, 0.1) is 5.69 Å². The zero-order valence-corrected chi connectivity index (χ0v) is 13.5. The lowest BCUT2D eigenvalue weighted by Gasteiger charge is -2.11. The first-order chi connectivity index (χ1) is 10.7.